The Labute approximate surface area is 120 Å². The smallest absolute Gasteiger partial charge is 0.238 e. The van der Waals surface area contributed by atoms with Crippen LogP contribution in [0.2, 0.25) is 0 Å². The molecular weight excluding hydrogens is 256 g/mol. The van der Waals surface area contributed by atoms with Crippen LogP contribution in [-0.4, -0.2) is 48.3 Å². The molecule has 0 aromatic heterocycles. The van der Waals surface area contributed by atoms with Crippen LogP contribution in [-0.2, 0) is 4.79 Å². The van der Waals surface area contributed by atoms with Gasteiger partial charge in [-0.15, -0.1) is 0 Å². The molecule has 20 heavy (non-hydrogen) atoms. The summed E-state index contributed by atoms with van der Waals surface area (Å²) >= 11 is 0. The van der Waals surface area contributed by atoms with E-state index in [0.29, 0.717) is 13.2 Å². The number of carbonyl (C=O) groups excluding carboxylic acids is 1. The van der Waals surface area contributed by atoms with Crippen LogP contribution in [0, 0.1) is 0 Å². The number of carbonyl (C=O) groups is 1. The molecule has 0 bridgehead atoms. The molecule has 112 valence electrons. The van der Waals surface area contributed by atoms with Crippen LogP contribution < -0.4 is 10.1 Å². The van der Waals surface area contributed by atoms with Gasteiger partial charge in [0.25, 0.3) is 0 Å². The number of hydrogen-bond donors (Lipinski definition) is 2. The highest BCUT2D eigenvalue weighted by Crippen LogP contribution is 2.15. The van der Waals surface area contributed by atoms with Crippen LogP contribution in [0.25, 0.3) is 0 Å². The van der Waals surface area contributed by atoms with Crippen molar-refractivity contribution in [2.75, 3.05) is 31.6 Å². The molecule has 0 spiro atoms. The molecule has 0 atom stereocenters. The first-order valence-electron chi connectivity index (χ1n) is 6.94. The average Bonchev–Trinajstić information content (AvgIpc) is 2.40. The van der Waals surface area contributed by atoms with E-state index in [2.05, 4.69) is 5.32 Å². The van der Waals surface area contributed by atoms with E-state index in [0.717, 1.165) is 11.4 Å². The van der Waals surface area contributed by atoms with Gasteiger partial charge in [-0.05, 0) is 45.0 Å². The van der Waals surface area contributed by atoms with Gasteiger partial charge in [0, 0.05) is 18.3 Å². The first-order chi connectivity index (χ1) is 9.56. The third-order valence-electron chi connectivity index (χ3n) is 2.91. The van der Waals surface area contributed by atoms with Crippen molar-refractivity contribution in [3.05, 3.63) is 24.3 Å². The zero-order valence-electron chi connectivity index (χ0n) is 12.4. The van der Waals surface area contributed by atoms with Gasteiger partial charge in [-0.25, -0.2) is 0 Å². The summed E-state index contributed by atoms with van der Waals surface area (Å²) in [7, 11) is 0. The fraction of sp³-hybridized carbons (Fsp3) is 0.533. The van der Waals surface area contributed by atoms with Crippen molar-refractivity contribution in [3.63, 3.8) is 0 Å². The lowest BCUT2D eigenvalue weighted by Crippen LogP contribution is -2.39. The molecule has 0 aliphatic rings. The standard InChI is InChI=1S/C15H24N2O3/c1-4-20-14-7-5-13(6-8-14)16-15(19)11-17(9-10-18)12(2)3/h5-8,12,18H,4,9-11H2,1-3H3,(H,16,19). The van der Waals surface area contributed by atoms with Crippen molar-refractivity contribution >= 4 is 11.6 Å². The maximum absolute atomic E-state index is 11.9. The van der Waals surface area contributed by atoms with E-state index in [-0.39, 0.29) is 25.1 Å². The summed E-state index contributed by atoms with van der Waals surface area (Å²) in [5.74, 6) is 0.700. The third-order valence-corrected chi connectivity index (χ3v) is 2.91. The molecule has 0 saturated heterocycles. The van der Waals surface area contributed by atoms with Crippen LogP contribution in [0.15, 0.2) is 24.3 Å². The number of aliphatic hydroxyl groups excluding tert-OH is 1. The second-order valence-electron chi connectivity index (χ2n) is 4.79. The second kappa shape index (κ2) is 8.55. The van der Waals surface area contributed by atoms with Crippen molar-refractivity contribution in [1.82, 2.24) is 4.90 Å². The van der Waals surface area contributed by atoms with Crippen molar-refractivity contribution in [1.29, 1.82) is 0 Å². The Morgan fingerprint density at radius 1 is 1.35 bits per heavy atom. The van der Waals surface area contributed by atoms with Crippen LogP contribution in [0.1, 0.15) is 20.8 Å². The highest BCUT2D eigenvalue weighted by atomic mass is 16.5. The molecule has 1 aromatic carbocycles. The Hall–Kier alpha value is -1.59. The highest BCUT2D eigenvalue weighted by molar-refractivity contribution is 5.92. The lowest BCUT2D eigenvalue weighted by molar-refractivity contribution is -0.117. The summed E-state index contributed by atoms with van der Waals surface area (Å²) in [6.07, 6.45) is 0. The zero-order valence-corrected chi connectivity index (χ0v) is 12.4. The molecule has 0 heterocycles. The Morgan fingerprint density at radius 2 is 2.00 bits per heavy atom. The third kappa shape index (κ3) is 5.59. The Bertz CT molecular complexity index is 404. The van der Waals surface area contributed by atoms with Gasteiger partial charge in [-0.1, -0.05) is 0 Å². The number of rotatable bonds is 8. The zero-order chi connectivity index (χ0) is 15.0. The van der Waals surface area contributed by atoms with E-state index in [9.17, 15) is 4.79 Å². The minimum Gasteiger partial charge on any atom is -0.494 e. The number of aliphatic hydroxyl groups is 1. The van der Waals surface area contributed by atoms with Gasteiger partial charge < -0.3 is 15.2 Å². The first-order valence-corrected chi connectivity index (χ1v) is 6.94. The predicted octanol–water partition coefficient (Wildman–Crippen LogP) is 1.73. The minimum atomic E-state index is -0.0868. The summed E-state index contributed by atoms with van der Waals surface area (Å²) in [5.41, 5.74) is 0.742. The summed E-state index contributed by atoms with van der Waals surface area (Å²) in [6.45, 7) is 7.36. The van der Waals surface area contributed by atoms with Gasteiger partial charge in [0.1, 0.15) is 5.75 Å². The van der Waals surface area contributed by atoms with Gasteiger partial charge >= 0.3 is 0 Å². The Morgan fingerprint density at radius 3 is 2.50 bits per heavy atom. The molecule has 5 heteroatoms. The molecule has 0 unspecified atom stereocenters. The molecular formula is C15H24N2O3. The second-order valence-corrected chi connectivity index (χ2v) is 4.79. The van der Waals surface area contributed by atoms with Gasteiger partial charge in [0.2, 0.25) is 5.91 Å². The number of hydrogen-bond acceptors (Lipinski definition) is 4. The number of nitrogens with one attached hydrogen (secondary N) is 1. The molecule has 5 nitrogen and oxygen atoms in total. The predicted molar refractivity (Wildman–Crippen MR) is 80.0 cm³/mol. The molecule has 0 radical (unpaired) electrons. The lowest BCUT2D eigenvalue weighted by Gasteiger charge is -2.24. The molecule has 0 fully saturated rings. The molecule has 2 N–H and O–H groups in total. The fourth-order valence-electron chi connectivity index (χ4n) is 1.83. The van der Waals surface area contributed by atoms with Gasteiger partial charge in [-0.2, -0.15) is 0 Å². The summed E-state index contributed by atoms with van der Waals surface area (Å²) in [4.78, 5) is 13.9. The molecule has 0 saturated carbocycles. The van der Waals surface area contributed by atoms with Crippen LogP contribution >= 0.6 is 0 Å². The van der Waals surface area contributed by atoms with Crippen molar-refractivity contribution in [2.45, 2.75) is 26.8 Å². The Kier molecular flexibility index (Phi) is 7.04. The molecule has 1 amide bonds. The van der Waals surface area contributed by atoms with Gasteiger partial charge in [-0.3, -0.25) is 9.69 Å². The van der Waals surface area contributed by atoms with Gasteiger partial charge in [0.05, 0.1) is 19.8 Å². The fourth-order valence-corrected chi connectivity index (χ4v) is 1.83. The van der Waals surface area contributed by atoms with Crippen LogP contribution in [0.3, 0.4) is 0 Å². The van der Waals surface area contributed by atoms with Crippen LogP contribution in [0.5, 0.6) is 5.75 Å². The van der Waals surface area contributed by atoms with E-state index in [4.69, 9.17) is 9.84 Å². The molecule has 1 rings (SSSR count). The van der Waals surface area contributed by atoms with E-state index in [1.807, 2.05) is 49.9 Å². The molecule has 0 aliphatic heterocycles. The number of nitrogens with zero attached hydrogens (tertiary/aromatic N) is 1. The van der Waals surface area contributed by atoms with Crippen molar-refractivity contribution in [2.24, 2.45) is 0 Å². The SMILES string of the molecule is CCOc1ccc(NC(=O)CN(CCO)C(C)C)cc1. The van der Waals surface area contributed by atoms with Crippen LogP contribution in [0.4, 0.5) is 5.69 Å². The minimum absolute atomic E-state index is 0.0501. The maximum Gasteiger partial charge on any atom is 0.238 e. The number of anilines is 1. The summed E-state index contributed by atoms with van der Waals surface area (Å²) in [5, 5.41) is 11.8. The number of amides is 1. The molecule has 0 aliphatic carbocycles. The first kappa shape index (κ1) is 16.5. The van der Waals surface area contributed by atoms with E-state index >= 15 is 0 Å². The van der Waals surface area contributed by atoms with E-state index in [1.165, 1.54) is 0 Å². The quantitative estimate of drug-likeness (QED) is 0.761. The van der Waals surface area contributed by atoms with Crippen molar-refractivity contribution in [3.8, 4) is 5.75 Å². The topological polar surface area (TPSA) is 61.8 Å². The number of benzene rings is 1. The lowest BCUT2D eigenvalue weighted by atomic mass is 10.3. The monoisotopic (exact) mass is 280 g/mol. The normalized spacial score (nSPS) is 10.9. The van der Waals surface area contributed by atoms with E-state index < -0.39 is 0 Å². The molecule has 1 aromatic rings. The maximum atomic E-state index is 11.9. The highest BCUT2D eigenvalue weighted by Gasteiger charge is 2.13. The van der Waals surface area contributed by atoms with Crippen molar-refractivity contribution < 1.29 is 14.6 Å². The average molecular weight is 280 g/mol. The summed E-state index contributed by atoms with van der Waals surface area (Å²) < 4.78 is 5.35. The number of ether oxygens (including phenoxy) is 1. The largest absolute Gasteiger partial charge is 0.494 e. The summed E-state index contributed by atoms with van der Waals surface area (Å²) in [6, 6.07) is 7.50. The van der Waals surface area contributed by atoms with E-state index in [1.54, 1.807) is 0 Å². The Balaban J connectivity index is 2.52. The van der Waals surface area contributed by atoms with Gasteiger partial charge in [0.15, 0.2) is 0 Å².